The van der Waals surface area contributed by atoms with Crippen LogP contribution in [0.2, 0.25) is 5.02 Å². The summed E-state index contributed by atoms with van der Waals surface area (Å²) in [5.74, 6) is 0. The molecule has 0 bridgehead atoms. The molecule has 1 saturated carbocycles. The third kappa shape index (κ3) is 3.34. The van der Waals surface area contributed by atoms with Crippen LogP contribution in [0, 0.1) is 0 Å². The van der Waals surface area contributed by atoms with Gasteiger partial charge in [-0.25, -0.2) is 0 Å². The van der Waals surface area contributed by atoms with E-state index in [0.717, 1.165) is 9.45 Å². The summed E-state index contributed by atoms with van der Waals surface area (Å²) in [6.07, 6.45) is 5.71. The first-order chi connectivity index (χ1) is 7.79. The van der Waals surface area contributed by atoms with Crippen LogP contribution in [0.15, 0.2) is 24.3 Å². The SMILES string of the molecule is Clc1cccc(C(CI)OC2CCCC2)c1. The third-order valence-electron chi connectivity index (χ3n) is 3.02. The number of alkyl halides is 1. The Kier molecular flexibility index (Phi) is 4.92. The molecule has 1 atom stereocenters. The van der Waals surface area contributed by atoms with Crippen molar-refractivity contribution in [1.29, 1.82) is 0 Å². The highest BCUT2D eigenvalue weighted by Crippen LogP contribution is 2.29. The third-order valence-corrected chi connectivity index (χ3v) is 4.05. The van der Waals surface area contributed by atoms with Crippen molar-refractivity contribution in [2.75, 3.05) is 4.43 Å². The zero-order valence-electron chi connectivity index (χ0n) is 9.16. The Morgan fingerprint density at radius 2 is 2.12 bits per heavy atom. The van der Waals surface area contributed by atoms with Gasteiger partial charge in [0.15, 0.2) is 0 Å². The first kappa shape index (κ1) is 12.7. The maximum Gasteiger partial charge on any atom is 0.0918 e. The summed E-state index contributed by atoms with van der Waals surface area (Å²) < 4.78 is 7.12. The number of rotatable bonds is 4. The molecule has 0 N–H and O–H groups in total. The van der Waals surface area contributed by atoms with Gasteiger partial charge in [0.1, 0.15) is 0 Å². The summed E-state index contributed by atoms with van der Waals surface area (Å²) in [6, 6.07) is 8.02. The molecule has 1 aliphatic rings. The van der Waals surface area contributed by atoms with Gasteiger partial charge in [-0.05, 0) is 30.5 Å². The molecule has 1 fully saturated rings. The van der Waals surface area contributed by atoms with Crippen LogP contribution in [0.25, 0.3) is 0 Å². The Hall–Kier alpha value is 0.200. The van der Waals surface area contributed by atoms with Crippen LogP contribution in [0.4, 0.5) is 0 Å². The molecule has 1 aromatic carbocycles. The van der Waals surface area contributed by atoms with E-state index in [1.54, 1.807) is 0 Å². The lowest BCUT2D eigenvalue weighted by atomic mass is 10.1. The monoisotopic (exact) mass is 350 g/mol. The van der Waals surface area contributed by atoms with E-state index in [0.29, 0.717) is 6.10 Å². The number of benzene rings is 1. The molecule has 0 aliphatic heterocycles. The molecule has 1 aliphatic carbocycles. The Morgan fingerprint density at radius 1 is 1.38 bits per heavy atom. The van der Waals surface area contributed by atoms with Gasteiger partial charge >= 0.3 is 0 Å². The molecule has 0 aromatic heterocycles. The van der Waals surface area contributed by atoms with Gasteiger partial charge in [0.05, 0.1) is 12.2 Å². The number of ether oxygens (including phenoxy) is 1. The van der Waals surface area contributed by atoms with Gasteiger partial charge in [0.2, 0.25) is 0 Å². The largest absolute Gasteiger partial charge is 0.369 e. The van der Waals surface area contributed by atoms with E-state index >= 15 is 0 Å². The fourth-order valence-electron chi connectivity index (χ4n) is 2.17. The van der Waals surface area contributed by atoms with E-state index in [1.165, 1.54) is 31.2 Å². The Bertz CT molecular complexity index is 336. The van der Waals surface area contributed by atoms with Gasteiger partial charge in [-0.15, -0.1) is 0 Å². The topological polar surface area (TPSA) is 9.23 Å². The standard InChI is InChI=1S/C13H16ClIO/c14-11-5-3-4-10(8-11)13(9-15)16-12-6-1-2-7-12/h3-5,8,12-13H,1-2,6-7,9H2. The minimum Gasteiger partial charge on any atom is -0.369 e. The minimum atomic E-state index is 0.197. The van der Waals surface area contributed by atoms with Gasteiger partial charge in [0.25, 0.3) is 0 Å². The molecule has 1 nitrogen and oxygen atoms in total. The van der Waals surface area contributed by atoms with E-state index in [1.807, 2.05) is 18.2 Å². The number of halogens is 2. The van der Waals surface area contributed by atoms with E-state index in [4.69, 9.17) is 16.3 Å². The summed E-state index contributed by atoms with van der Waals surface area (Å²) in [4.78, 5) is 0. The molecular weight excluding hydrogens is 334 g/mol. The normalized spacial score (nSPS) is 18.9. The van der Waals surface area contributed by atoms with Crippen LogP contribution in [0.5, 0.6) is 0 Å². The maximum absolute atomic E-state index is 6.14. The van der Waals surface area contributed by atoms with Crippen molar-refractivity contribution in [2.24, 2.45) is 0 Å². The van der Waals surface area contributed by atoms with Gasteiger partial charge in [-0.1, -0.05) is 59.2 Å². The zero-order chi connectivity index (χ0) is 11.4. The van der Waals surface area contributed by atoms with Crippen LogP contribution < -0.4 is 0 Å². The van der Waals surface area contributed by atoms with Gasteiger partial charge in [-0.3, -0.25) is 0 Å². The van der Waals surface area contributed by atoms with Crippen molar-refractivity contribution < 1.29 is 4.74 Å². The fraction of sp³-hybridized carbons (Fsp3) is 0.538. The molecule has 2 rings (SSSR count). The average molecular weight is 351 g/mol. The Morgan fingerprint density at radius 3 is 2.75 bits per heavy atom. The van der Waals surface area contributed by atoms with E-state index < -0.39 is 0 Å². The predicted molar refractivity (Wildman–Crippen MR) is 76.4 cm³/mol. The molecule has 0 heterocycles. The zero-order valence-corrected chi connectivity index (χ0v) is 12.1. The van der Waals surface area contributed by atoms with Crippen molar-refractivity contribution >= 4 is 34.2 Å². The van der Waals surface area contributed by atoms with E-state index in [2.05, 4.69) is 28.7 Å². The van der Waals surface area contributed by atoms with E-state index in [-0.39, 0.29) is 6.10 Å². The van der Waals surface area contributed by atoms with Crippen molar-refractivity contribution in [3.8, 4) is 0 Å². The highest BCUT2D eigenvalue weighted by atomic mass is 127. The molecule has 0 radical (unpaired) electrons. The van der Waals surface area contributed by atoms with Crippen LogP contribution in [0.1, 0.15) is 37.4 Å². The summed E-state index contributed by atoms with van der Waals surface area (Å²) in [7, 11) is 0. The van der Waals surface area contributed by atoms with Gasteiger partial charge in [-0.2, -0.15) is 0 Å². The minimum absolute atomic E-state index is 0.197. The molecule has 1 unspecified atom stereocenters. The Balaban J connectivity index is 2.03. The Labute approximate surface area is 116 Å². The quantitative estimate of drug-likeness (QED) is 0.561. The summed E-state index contributed by atoms with van der Waals surface area (Å²) >= 11 is 8.39. The van der Waals surface area contributed by atoms with Crippen molar-refractivity contribution in [1.82, 2.24) is 0 Å². The molecule has 88 valence electrons. The molecule has 0 saturated heterocycles. The first-order valence-corrected chi connectivity index (χ1v) is 7.67. The van der Waals surface area contributed by atoms with Crippen molar-refractivity contribution in [2.45, 2.75) is 37.9 Å². The molecule has 0 amide bonds. The average Bonchev–Trinajstić information content (AvgIpc) is 2.78. The highest BCUT2D eigenvalue weighted by Gasteiger charge is 2.20. The van der Waals surface area contributed by atoms with E-state index in [9.17, 15) is 0 Å². The second-order valence-electron chi connectivity index (χ2n) is 4.24. The molecule has 1 aromatic rings. The van der Waals surface area contributed by atoms with Gasteiger partial charge in [0, 0.05) is 9.45 Å². The van der Waals surface area contributed by atoms with Crippen LogP contribution in [-0.2, 0) is 4.74 Å². The predicted octanol–water partition coefficient (Wildman–Crippen LogP) is 4.78. The molecule has 16 heavy (non-hydrogen) atoms. The summed E-state index contributed by atoms with van der Waals surface area (Å²) in [6.45, 7) is 0. The molecule has 0 spiro atoms. The summed E-state index contributed by atoms with van der Waals surface area (Å²) in [5.41, 5.74) is 1.20. The summed E-state index contributed by atoms with van der Waals surface area (Å²) in [5, 5.41) is 0.794. The first-order valence-electron chi connectivity index (χ1n) is 5.76. The van der Waals surface area contributed by atoms with Crippen LogP contribution in [-0.4, -0.2) is 10.5 Å². The van der Waals surface area contributed by atoms with Crippen LogP contribution in [0.3, 0.4) is 0 Å². The highest BCUT2D eigenvalue weighted by molar-refractivity contribution is 14.1. The van der Waals surface area contributed by atoms with Crippen molar-refractivity contribution in [3.63, 3.8) is 0 Å². The second-order valence-corrected chi connectivity index (χ2v) is 5.56. The van der Waals surface area contributed by atoms with Crippen molar-refractivity contribution in [3.05, 3.63) is 34.9 Å². The maximum atomic E-state index is 6.14. The lowest BCUT2D eigenvalue weighted by molar-refractivity contribution is 0.00526. The van der Waals surface area contributed by atoms with Crippen LogP contribution >= 0.6 is 34.2 Å². The number of hydrogen-bond acceptors (Lipinski definition) is 1. The second kappa shape index (κ2) is 6.22. The lowest BCUT2D eigenvalue weighted by Crippen LogP contribution is -2.14. The van der Waals surface area contributed by atoms with Gasteiger partial charge < -0.3 is 4.74 Å². The molecule has 3 heteroatoms. The lowest BCUT2D eigenvalue weighted by Gasteiger charge is -2.20. The smallest absolute Gasteiger partial charge is 0.0918 e. The fourth-order valence-corrected chi connectivity index (χ4v) is 3.08. The number of hydrogen-bond donors (Lipinski definition) is 0. The molecular formula is C13H16ClIO.